The number of anilines is 3. The maximum atomic E-state index is 15.3. The Labute approximate surface area is 246 Å². The molecule has 5 aromatic rings. The average Bonchev–Trinajstić information content (AvgIpc) is 3.24. The Morgan fingerprint density at radius 2 is 2.00 bits per heavy atom. The maximum absolute atomic E-state index is 15.3. The van der Waals surface area contributed by atoms with Gasteiger partial charge in [0, 0.05) is 44.9 Å². The second-order valence-electron chi connectivity index (χ2n) is 10.1. The number of aromatic nitrogens is 5. The molecule has 0 bridgehead atoms. The van der Waals surface area contributed by atoms with Gasteiger partial charge in [-0.15, -0.1) is 0 Å². The molecule has 6 rings (SSSR count). The molecule has 3 aromatic heterocycles. The van der Waals surface area contributed by atoms with Gasteiger partial charge in [-0.3, -0.25) is 4.79 Å². The summed E-state index contributed by atoms with van der Waals surface area (Å²) in [6.45, 7) is 7.60. The molecule has 1 N–H and O–H groups in total. The van der Waals surface area contributed by atoms with Gasteiger partial charge in [0.2, 0.25) is 5.91 Å². The van der Waals surface area contributed by atoms with Gasteiger partial charge in [0.25, 0.3) is 0 Å². The number of benzene rings is 2. The number of hydrogen-bond acceptors (Lipinski definition) is 8. The van der Waals surface area contributed by atoms with Gasteiger partial charge in [-0.05, 0) is 49.8 Å². The molecule has 1 aliphatic heterocycles. The topological polar surface area (TPSA) is 101 Å². The third-order valence-corrected chi connectivity index (χ3v) is 7.59. The van der Waals surface area contributed by atoms with Gasteiger partial charge < -0.3 is 24.4 Å². The number of hydrogen-bond donors (Lipinski definition) is 1. The molecule has 0 radical (unpaired) electrons. The standard InChI is InChI=1S/C30H28ClFN8O2/c1-4-28(41)40-11-5-10-39(15-18(40)2)27-9-7-22-29(37-27)30(34-16-33-22)36-23-13-20(31)26(14-21(23)32)42-19-6-8-25-24(12-19)35-17-38(25)3/h4,6-9,12-14,16-18H,1,5,10-11,15H2,2-3H3,(H,33,34,36)/t18-/m0/s1. The van der Waals surface area contributed by atoms with Crippen molar-refractivity contribution in [3.63, 3.8) is 0 Å². The number of nitrogens with one attached hydrogen (secondary N) is 1. The fourth-order valence-corrected chi connectivity index (χ4v) is 5.35. The van der Waals surface area contributed by atoms with E-state index >= 15 is 4.39 Å². The molecule has 1 fully saturated rings. The molecule has 42 heavy (non-hydrogen) atoms. The zero-order chi connectivity index (χ0) is 29.4. The van der Waals surface area contributed by atoms with E-state index in [1.807, 2.05) is 41.6 Å². The second-order valence-corrected chi connectivity index (χ2v) is 10.5. The van der Waals surface area contributed by atoms with E-state index in [4.69, 9.17) is 21.3 Å². The summed E-state index contributed by atoms with van der Waals surface area (Å²) >= 11 is 6.52. The third kappa shape index (κ3) is 5.30. The van der Waals surface area contributed by atoms with Crippen molar-refractivity contribution in [1.82, 2.24) is 29.4 Å². The lowest BCUT2D eigenvalue weighted by molar-refractivity contribution is -0.127. The number of carbonyl (C=O) groups is 1. The first-order valence-corrected chi connectivity index (χ1v) is 13.8. The van der Waals surface area contributed by atoms with E-state index in [-0.39, 0.29) is 28.4 Å². The fraction of sp³-hybridized carbons (Fsp3) is 0.233. The molecule has 1 amide bonds. The number of amides is 1. The molecule has 1 aliphatic rings. The number of carbonyl (C=O) groups excluding carboxylic acids is 1. The number of nitrogens with zero attached hydrogens (tertiary/aromatic N) is 7. The fourth-order valence-electron chi connectivity index (χ4n) is 5.15. The molecule has 10 nitrogen and oxygen atoms in total. The molecular formula is C30H28ClFN8O2. The summed E-state index contributed by atoms with van der Waals surface area (Å²) in [4.78, 5) is 34.1. The minimum absolute atomic E-state index is 0.0250. The van der Waals surface area contributed by atoms with Gasteiger partial charge in [-0.2, -0.15) is 0 Å². The molecule has 12 heteroatoms. The molecular weight excluding hydrogens is 559 g/mol. The van der Waals surface area contributed by atoms with E-state index < -0.39 is 5.82 Å². The highest BCUT2D eigenvalue weighted by Gasteiger charge is 2.25. The highest BCUT2D eigenvalue weighted by Crippen LogP contribution is 2.36. The average molecular weight is 587 g/mol. The zero-order valence-corrected chi connectivity index (χ0v) is 23.8. The van der Waals surface area contributed by atoms with E-state index in [9.17, 15) is 4.79 Å². The van der Waals surface area contributed by atoms with Crippen molar-refractivity contribution in [3.05, 3.63) is 78.6 Å². The second kappa shape index (κ2) is 11.2. The highest BCUT2D eigenvalue weighted by atomic mass is 35.5. The minimum atomic E-state index is -0.579. The van der Waals surface area contributed by atoms with E-state index in [1.165, 1.54) is 24.5 Å². The lowest BCUT2D eigenvalue weighted by Gasteiger charge is -2.28. The van der Waals surface area contributed by atoms with Crippen LogP contribution in [0.3, 0.4) is 0 Å². The van der Waals surface area contributed by atoms with Crippen molar-refractivity contribution in [3.8, 4) is 11.5 Å². The Morgan fingerprint density at radius 3 is 2.83 bits per heavy atom. The van der Waals surface area contributed by atoms with Crippen LogP contribution in [0.25, 0.3) is 22.1 Å². The zero-order valence-electron chi connectivity index (χ0n) is 23.1. The summed E-state index contributed by atoms with van der Waals surface area (Å²) in [7, 11) is 1.90. The molecule has 0 unspecified atom stereocenters. The lowest BCUT2D eigenvalue weighted by atomic mass is 10.2. The number of pyridine rings is 1. The van der Waals surface area contributed by atoms with Crippen LogP contribution in [0.4, 0.5) is 21.7 Å². The van der Waals surface area contributed by atoms with Crippen LogP contribution >= 0.6 is 11.6 Å². The van der Waals surface area contributed by atoms with Crippen LogP contribution in [-0.2, 0) is 11.8 Å². The van der Waals surface area contributed by atoms with Crippen LogP contribution < -0.4 is 15.0 Å². The Balaban J connectivity index is 1.25. The van der Waals surface area contributed by atoms with E-state index in [1.54, 1.807) is 18.5 Å². The number of ether oxygens (including phenoxy) is 1. The summed E-state index contributed by atoms with van der Waals surface area (Å²) in [6, 6.07) is 11.8. The van der Waals surface area contributed by atoms with E-state index in [0.29, 0.717) is 41.5 Å². The van der Waals surface area contributed by atoms with Crippen molar-refractivity contribution >= 4 is 56.9 Å². The number of fused-ring (bicyclic) bond motifs is 2. The third-order valence-electron chi connectivity index (χ3n) is 7.29. The quantitative estimate of drug-likeness (QED) is 0.247. The molecule has 2 aromatic carbocycles. The van der Waals surface area contributed by atoms with Crippen LogP contribution in [0, 0.1) is 5.82 Å². The van der Waals surface area contributed by atoms with Crippen molar-refractivity contribution in [2.45, 2.75) is 19.4 Å². The molecule has 1 atom stereocenters. The summed E-state index contributed by atoms with van der Waals surface area (Å²) in [6.07, 6.45) is 5.24. The number of imidazole rings is 1. The van der Waals surface area contributed by atoms with Crippen LogP contribution in [0.15, 0.2) is 67.8 Å². The summed E-state index contributed by atoms with van der Waals surface area (Å²) in [5, 5.41) is 3.24. The van der Waals surface area contributed by atoms with Crippen LogP contribution in [0.2, 0.25) is 5.02 Å². The first-order valence-electron chi connectivity index (χ1n) is 13.5. The van der Waals surface area contributed by atoms with E-state index in [0.717, 1.165) is 24.0 Å². The van der Waals surface area contributed by atoms with Crippen molar-refractivity contribution in [1.29, 1.82) is 0 Å². The van der Waals surface area contributed by atoms with Crippen molar-refractivity contribution in [2.75, 3.05) is 29.9 Å². The molecule has 0 spiro atoms. The summed E-state index contributed by atoms with van der Waals surface area (Å²) < 4.78 is 23.1. The SMILES string of the molecule is C=CC(=O)N1CCCN(c2ccc3ncnc(Nc4cc(Cl)c(Oc5ccc6c(c5)ncn6C)cc4F)c3n2)C[C@@H]1C. The molecule has 1 saturated heterocycles. The van der Waals surface area contributed by atoms with Gasteiger partial charge in [0.1, 0.15) is 35.0 Å². The van der Waals surface area contributed by atoms with Crippen molar-refractivity contribution in [2.24, 2.45) is 7.05 Å². The molecule has 214 valence electrons. The van der Waals surface area contributed by atoms with Gasteiger partial charge in [0.05, 0.1) is 33.6 Å². The predicted octanol–water partition coefficient (Wildman–Crippen LogP) is 5.85. The lowest BCUT2D eigenvalue weighted by Crippen LogP contribution is -2.42. The van der Waals surface area contributed by atoms with E-state index in [2.05, 4.69) is 31.7 Å². The van der Waals surface area contributed by atoms with Gasteiger partial charge in [-0.1, -0.05) is 18.2 Å². The van der Waals surface area contributed by atoms with Gasteiger partial charge >= 0.3 is 0 Å². The smallest absolute Gasteiger partial charge is 0.246 e. The van der Waals surface area contributed by atoms with Gasteiger partial charge in [-0.25, -0.2) is 24.3 Å². The summed E-state index contributed by atoms with van der Waals surface area (Å²) in [5.41, 5.74) is 2.89. The maximum Gasteiger partial charge on any atom is 0.246 e. The van der Waals surface area contributed by atoms with Crippen LogP contribution in [0.5, 0.6) is 11.5 Å². The monoisotopic (exact) mass is 586 g/mol. The summed E-state index contributed by atoms with van der Waals surface area (Å²) in [5.74, 6) is 1.04. The minimum Gasteiger partial charge on any atom is -0.456 e. The first kappa shape index (κ1) is 27.4. The van der Waals surface area contributed by atoms with Gasteiger partial charge in [0.15, 0.2) is 5.82 Å². The molecule has 0 saturated carbocycles. The Hall–Kier alpha value is -4.77. The number of rotatable bonds is 6. The normalized spacial score (nSPS) is 15.6. The largest absolute Gasteiger partial charge is 0.456 e. The molecule has 0 aliphatic carbocycles. The Bertz CT molecular complexity index is 1830. The Kier molecular flexibility index (Phi) is 7.34. The Morgan fingerprint density at radius 1 is 1.14 bits per heavy atom. The molecule has 4 heterocycles. The first-order chi connectivity index (χ1) is 20.3. The van der Waals surface area contributed by atoms with Crippen molar-refractivity contribution < 1.29 is 13.9 Å². The number of halogens is 2. The predicted molar refractivity (Wildman–Crippen MR) is 161 cm³/mol. The highest BCUT2D eigenvalue weighted by molar-refractivity contribution is 6.32. The number of aryl methyl sites for hydroxylation is 1. The van der Waals surface area contributed by atoms with Crippen LogP contribution in [0.1, 0.15) is 13.3 Å². The van der Waals surface area contributed by atoms with Crippen LogP contribution in [-0.4, -0.2) is 61.0 Å².